The first-order chi connectivity index (χ1) is 11.7. The molecule has 24 heavy (non-hydrogen) atoms. The van der Waals surface area contributed by atoms with Gasteiger partial charge >= 0.3 is 0 Å². The molecule has 2 aromatic rings. The molecule has 130 valence electrons. The Hall–Kier alpha value is -2.07. The zero-order valence-corrected chi connectivity index (χ0v) is 14.5. The topological polar surface area (TPSA) is 51.5 Å². The van der Waals surface area contributed by atoms with Crippen LogP contribution in [0.25, 0.3) is 0 Å². The minimum atomic E-state index is -0.0970. The number of carbonyl (C=O) groups excluding carboxylic acids is 1. The van der Waals surface area contributed by atoms with Gasteiger partial charge in [0.15, 0.2) is 0 Å². The quantitative estimate of drug-likeness (QED) is 0.667. The molecular formula is C20H27NO3. The number of benzene rings is 1. The lowest BCUT2D eigenvalue weighted by Crippen LogP contribution is -2.33. The van der Waals surface area contributed by atoms with Crippen LogP contribution >= 0.6 is 0 Å². The van der Waals surface area contributed by atoms with Crippen molar-refractivity contribution in [1.29, 1.82) is 0 Å². The molecule has 2 atom stereocenters. The number of furan rings is 1. The summed E-state index contributed by atoms with van der Waals surface area (Å²) in [7, 11) is 0. The van der Waals surface area contributed by atoms with Crippen molar-refractivity contribution in [2.45, 2.75) is 39.2 Å². The third-order valence-electron chi connectivity index (χ3n) is 4.24. The van der Waals surface area contributed by atoms with Crippen LogP contribution in [0.2, 0.25) is 0 Å². The van der Waals surface area contributed by atoms with Gasteiger partial charge in [0, 0.05) is 13.2 Å². The molecule has 2 rings (SSSR count). The van der Waals surface area contributed by atoms with Crippen LogP contribution in [0, 0.1) is 5.92 Å². The molecule has 0 aliphatic carbocycles. The Bertz CT molecular complexity index is 580. The van der Waals surface area contributed by atoms with Crippen molar-refractivity contribution >= 4 is 5.91 Å². The molecule has 0 aliphatic rings. The lowest BCUT2D eigenvalue weighted by Gasteiger charge is -2.22. The Morgan fingerprint density at radius 1 is 1.21 bits per heavy atom. The summed E-state index contributed by atoms with van der Waals surface area (Å²) < 4.78 is 10.7. The van der Waals surface area contributed by atoms with Crippen LogP contribution in [-0.4, -0.2) is 19.1 Å². The van der Waals surface area contributed by atoms with Gasteiger partial charge < -0.3 is 14.5 Å². The third-order valence-corrected chi connectivity index (χ3v) is 4.24. The molecule has 4 heteroatoms. The fourth-order valence-electron chi connectivity index (χ4n) is 2.70. The van der Waals surface area contributed by atoms with Gasteiger partial charge in [-0.2, -0.15) is 0 Å². The highest BCUT2D eigenvalue weighted by Crippen LogP contribution is 2.27. The Morgan fingerprint density at radius 2 is 2.00 bits per heavy atom. The summed E-state index contributed by atoms with van der Waals surface area (Å²) in [5.74, 6) is 1.13. The smallest absolute Gasteiger partial charge is 0.227 e. The SMILES string of the molecule is CCC(C)C(C(=O)NCCCOCc1ccco1)c1ccccc1. The molecular weight excluding hydrogens is 302 g/mol. The number of hydrogen-bond acceptors (Lipinski definition) is 3. The van der Waals surface area contributed by atoms with E-state index < -0.39 is 0 Å². The van der Waals surface area contributed by atoms with Crippen molar-refractivity contribution in [2.75, 3.05) is 13.2 Å². The number of rotatable bonds is 10. The van der Waals surface area contributed by atoms with Gasteiger partial charge in [0.1, 0.15) is 12.4 Å². The lowest BCUT2D eigenvalue weighted by atomic mass is 9.85. The summed E-state index contributed by atoms with van der Waals surface area (Å²) >= 11 is 0. The molecule has 0 aliphatic heterocycles. The van der Waals surface area contributed by atoms with Gasteiger partial charge in [-0.3, -0.25) is 4.79 Å². The summed E-state index contributed by atoms with van der Waals surface area (Å²) in [6.07, 6.45) is 3.39. The number of nitrogens with one attached hydrogen (secondary N) is 1. The molecule has 0 saturated heterocycles. The summed E-state index contributed by atoms with van der Waals surface area (Å²) in [5.41, 5.74) is 1.08. The second-order valence-electron chi connectivity index (χ2n) is 6.05. The summed E-state index contributed by atoms with van der Waals surface area (Å²) in [5, 5.41) is 3.05. The Morgan fingerprint density at radius 3 is 2.67 bits per heavy atom. The second kappa shape index (κ2) is 9.93. The molecule has 1 aromatic heterocycles. The Labute approximate surface area is 144 Å². The van der Waals surface area contributed by atoms with Crippen molar-refractivity contribution in [1.82, 2.24) is 5.32 Å². The highest BCUT2D eigenvalue weighted by Gasteiger charge is 2.25. The van der Waals surface area contributed by atoms with Gasteiger partial charge in [-0.05, 0) is 30.0 Å². The van der Waals surface area contributed by atoms with Gasteiger partial charge in [0.2, 0.25) is 5.91 Å². The highest BCUT2D eigenvalue weighted by molar-refractivity contribution is 5.83. The minimum Gasteiger partial charge on any atom is -0.467 e. The van der Waals surface area contributed by atoms with Crippen molar-refractivity contribution < 1.29 is 13.9 Å². The van der Waals surface area contributed by atoms with E-state index in [-0.39, 0.29) is 11.8 Å². The Balaban J connectivity index is 1.74. The summed E-state index contributed by atoms with van der Waals surface area (Å²) in [6, 6.07) is 13.7. The predicted molar refractivity (Wildman–Crippen MR) is 94.6 cm³/mol. The zero-order valence-electron chi connectivity index (χ0n) is 14.5. The van der Waals surface area contributed by atoms with Crippen LogP contribution in [0.15, 0.2) is 53.1 Å². The maximum absolute atomic E-state index is 12.6. The molecule has 0 fully saturated rings. The molecule has 0 saturated carbocycles. The van der Waals surface area contributed by atoms with E-state index in [0.29, 0.717) is 25.7 Å². The monoisotopic (exact) mass is 329 g/mol. The molecule has 1 amide bonds. The molecule has 0 spiro atoms. The first kappa shape index (κ1) is 18.3. The van der Waals surface area contributed by atoms with Crippen LogP contribution in [-0.2, 0) is 16.1 Å². The van der Waals surface area contributed by atoms with Crippen LogP contribution in [0.1, 0.15) is 43.9 Å². The highest BCUT2D eigenvalue weighted by atomic mass is 16.5. The fourth-order valence-corrected chi connectivity index (χ4v) is 2.70. The van der Waals surface area contributed by atoms with Crippen LogP contribution in [0.4, 0.5) is 0 Å². The van der Waals surface area contributed by atoms with Gasteiger partial charge in [0.25, 0.3) is 0 Å². The van der Waals surface area contributed by atoms with Crippen molar-refractivity contribution in [2.24, 2.45) is 5.92 Å². The average Bonchev–Trinajstić information content (AvgIpc) is 3.12. The standard InChI is InChI=1S/C20H27NO3/c1-3-16(2)19(17-9-5-4-6-10-17)20(22)21-12-8-13-23-15-18-11-7-14-24-18/h4-7,9-11,14,16,19H,3,8,12-13,15H2,1-2H3,(H,21,22). The largest absolute Gasteiger partial charge is 0.467 e. The summed E-state index contributed by atoms with van der Waals surface area (Å²) in [6.45, 7) is 5.94. The van der Waals surface area contributed by atoms with E-state index in [2.05, 4.69) is 19.2 Å². The second-order valence-corrected chi connectivity index (χ2v) is 6.05. The predicted octanol–water partition coefficient (Wildman–Crippen LogP) is 4.13. The normalized spacial score (nSPS) is 13.4. The maximum Gasteiger partial charge on any atom is 0.227 e. The number of carbonyl (C=O) groups is 1. The zero-order chi connectivity index (χ0) is 17.2. The van der Waals surface area contributed by atoms with Gasteiger partial charge in [-0.25, -0.2) is 0 Å². The number of hydrogen-bond donors (Lipinski definition) is 1. The molecule has 4 nitrogen and oxygen atoms in total. The van der Waals surface area contributed by atoms with Crippen LogP contribution in [0.3, 0.4) is 0 Å². The number of ether oxygens (including phenoxy) is 1. The molecule has 0 radical (unpaired) electrons. The van der Waals surface area contributed by atoms with E-state index >= 15 is 0 Å². The third kappa shape index (κ3) is 5.53. The van der Waals surface area contributed by atoms with Crippen LogP contribution < -0.4 is 5.32 Å². The number of amides is 1. The lowest BCUT2D eigenvalue weighted by molar-refractivity contribution is -0.123. The van der Waals surface area contributed by atoms with Gasteiger partial charge in [-0.1, -0.05) is 50.6 Å². The summed E-state index contributed by atoms with van der Waals surface area (Å²) in [4.78, 5) is 12.6. The maximum atomic E-state index is 12.6. The van der Waals surface area contributed by atoms with E-state index in [9.17, 15) is 4.79 Å². The molecule has 1 heterocycles. The van der Waals surface area contributed by atoms with E-state index in [4.69, 9.17) is 9.15 Å². The minimum absolute atomic E-state index is 0.0970. The van der Waals surface area contributed by atoms with E-state index in [1.807, 2.05) is 42.5 Å². The fraction of sp³-hybridized carbons (Fsp3) is 0.450. The van der Waals surface area contributed by atoms with Crippen molar-refractivity contribution in [3.8, 4) is 0 Å². The first-order valence-corrected chi connectivity index (χ1v) is 8.65. The molecule has 1 N–H and O–H groups in total. The van der Waals surface area contributed by atoms with Crippen molar-refractivity contribution in [3.05, 3.63) is 60.1 Å². The van der Waals surface area contributed by atoms with Crippen LogP contribution in [0.5, 0.6) is 0 Å². The first-order valence-electron chi connectivity index (χ1n) is 8.65. The van der Waals surface area contributed by atoms with E-state index in [0.717, 1.165) is 24.2 Å². The van der Waals surface area contributed by atoms with E-state index in [1.165, 1.54) is 0 Å². The molecule has 1 aromatic carbocycles. The van der Waals surface area contributed by atoms with Gasteiger partial charge in [-0.15, -0.1) is 0 Å². The van der Waals surface area contributed by atoms with E-state index in [1.54, 1.807) is 6.26 Å². The molecule has 0 bridgehead atoms. The molecule has 2 unspecified atom stereocenters. The average molecular weight is 329 g/mol. The van der Waals surface area contributed by atoms with Crippen molar-refractivity contribution in [3.63, 3.8) is 0 Å². The van der Waals surface area contributed by atoms with Gasteiger partial charge in [0.05, 0.1) is 12.2 Å². The Kier molecular flexibility index (Phi) is 7.56.